The predicted molar refractivity (Wildman–Crippen MR) is 70.1 cm³/mol. The largest absolute Gasteiger partial charge is 0.454 e. The zero-order chi connectivity index (χ0) is 13.5. The molecule has 0 bridgehead atoms. The molecule has 3 rings (SSSR count). The summed E-state index contributed by atoms with van der Waals surface area (Å²) in [5, 5.41) is 2.90. The lowest BCUT2D eigenvalue weighted by Crippen LogP contribution is -2.61. The topological polar surface area (TPSA) is 50.8 Å². The maximum absolute atomic E-state index is 11.9. The number of ether oxygens (including phenoxy) is 2. The van der Waals surface area contributed by atoms with Gasteiger partial charge in [-0.2, -0.15) is 0 Å². The van der Waals surface area contributed by atoms with Crippen LogP contribution < -0.4 is 14.8 Å². The van der Waals surface area contributed by atoms with Gasteiger partial charge < -0.3 is 14.8 Å². The number of piperazine rings is 1. The molecule has 102 valence electrons. The highest BCUT2D eigenvalue weighted by atomic mass is 16.7. The van der Waals surface area contributed by atoms with Crippen LogP contribution in [0.1, 0.15) is 19.4 Å². The minimum Gasteiger partial charge on any atom is -0.454 e. The van der Waals surface area contributed by atoms with Gasteiger partial charge in [0.05, 0.1) is 5.54 Å². The van der Waals surface area contributed by atoms with Crippen LogP contribution in [0.2, 0.25) is 0 Å². The van der Waals surface area contributed by atoms with Crippen molar-refractivity contribution in [2.75, 3.05) is 19.9 Å². The summed E-state index contributed by atoms with van der Waals surface area (Å²) >= 11 is 0. The lowest BCUT2D eigenvalue weighted by atomic mass is 9.98. The van der Waals surface area contributed by atoms with Gasteiger partial charge in [-0.3, -0.25) is 9.69 Å². The second kappa shape index (κ2) is 4.42. The Kier molecular flexibility index (Phi) is 2.86. The van der Waals surface area contributed by atoms with Crippen LogP contribution in [-0.2, 0) is 11.3 Å². The molecule has 0 radical (unpaired) electrons. The van der Waals surface area contributed by atoms with Gasteiger partial charge in [-0.1, -0.05) is 6.07 Å². The van der Waals surface area contributed by atoms with Crippen molar-refractivity contribution in [3.8, 4) is 11.5 Å². The molecule has 1 amide bonds. The fourth-order valence-electron chi connectivity index (χ4n) is 2.48. The summed E-state index contributed by atoms with van der Waals surface area (Å²) in [6.45, 7) is 6.48. The van der Waals surface area contributed by atoms with Crippen molar-refractivity contribution in [2.45, 2.75) is 25.9 Å². The molecule has 0 saturated carbocycles. The van der Waals surface area contributed by atoms with Crippen LogP contribution in [0, 0.1) is 0 Å². The van der Waals surface area contributed by atoms with Crippen LogP contribution >= 0.6 is 0 Å². The van der Waals surface area contributed by atoms with Gasteiger partial charge in [0.1, 0.15) is 0 Å². The number of carbonyl (C=O) groups is 1. The third-order valence-electron chi connectivity index (χ3n) is 3.82. The van der Waals surface area contributed by atoms with E-state index in [0.717, 1.165) is 30.2 Å². The zero-order valence-electron chi connectivity index (χ0n) is 11.2. The summed E-state index contributed by atoms with van der Waals surface area (Å²) in [6.07, 6.45) is 0. The standard InChI is InChI=1S/C14H18N2O3/c1-14(2)13(17)15-5-6-16(14)8-10-3-4-11-12(7-10)19-9-18-11/h3-4,7H,5-6,8-9H2,1-2H3,(H,15,17). The van der Waals surface area contributed by atoms with Crippen LogP contribution in [-0.4, -0.2) is 36.2 Å². The van der Waals surface area contributed by atoms with Gasteiger partial charge in [0.15, 0.2) is 11.5 Å². The third kappa shape index (κ3) is 2.14. The Morgan fingerprint density at radius 3 is 2.95 bits per heavy atom. The fourth-order valence-corrected chi connectivity index (χ4v) is 2.48. The zero-order valence-corrected chi connectivity index (χ0v) is 11.2. The number of nitrogens with zero attached hydrogens (tertiary/aromatic N) is 1. The van der Waals surface area contributed by atoms with E-state index in [1.165, 1.54) is 0 Å². The fraction of sp³-hybridized carbons (Fsp3) is 0.500. The summed E-state index contributed by atoms with van der Waals surface area (Å²) in [5.74, 6) is 1.66. The summed E-state index contributed by atoms with van der Waals surface area (Å²) in [4.78, 5) is 14.1. The van der Waals surface area contributed by atoms with Crippen molar-refractivity contribution in [3.05, 3.63) is 23.8 Å². The second-order valence-corrected chi connectivity index (χ2v) is 5.42. The van der Waals surface area contributed by atoms with E-state index in [1.54, 1.807) is 0 Å². The van der Waals surface area contributed by atoms with Crippen LogP contribution in [0.4, 0.5) is 0 Å². The van der Waals surface area contributed by atoms with E-state index in [2.05, 4.69) is 10.2 Å². The summed E-state index contributed by atoms with van der Waals surface area (Å²) < 4.78 is 10.7. The smallest absolute Gasteiger partial charge is 0.240 e. The molecule has 19 heavy (non-hydrogen) atoms. The van der Waals surface area contributed by atoms with Crippen molar-refractivity contribution in [2.24, 2.45) is 0 Å². The van der Waals surface area contributed by atoms with E-state index in [0.29, 0.717) is 6.54 Å². The van der Waals surface area contributed by atoms with Crippen LogP contribution in [0.3, 0.4) is 0 Å². The van der Waals surface area contributed by atoms with Gasteiger partial charge in [-0.25, -0.2) is 0 Å². The summed E-state index contributed by atoms with van der Waals surface area (Å²) in [7, 11) is 0. The highest BCUT2D eigenvalue weighted by Gasteiger charge is 2.37. The molecule has 0 aliphatic carbocycles. The van der Waals surface area contributed by atoms with E-state index < -0.39 is 5.54 Å². The van der Waals surface area contributed by atoms with Gasteiger partial charge in [-0.05, 0) is 31.5 Å². The number of benzene rings is 1. The molecule has 1 N–H and O–H groups in total. The molecule has 2 heterocycles. The van der Waals surface area contributed by atoms with Crippen molar-refractivity contribution >= 4 is 5.91 Å². The molecule has 0 unspecified atom stereocenters. The molecule has 0 spiro atoms. The average Bonchev–Trinajstić information content (AvgIpc) is 2.83. The number of rotatable bonds is 2. The molecular formula is C14H18N2O3. The van der Waals surface area contributed by atoms with Crippen LogP contribution in [0.15, 0.2) is 18.2 Å². The number of hydrogen-bond acceptors (Lipinski definition) is 4. The Hall–Kier alpha value is -1.75. The van der Waals surface area contributed by atoms with E-state index >= 15 is 0 Å². The molecule has 1 fully saturated rings. The predicted octanol–water partition coefficient (Wildman–Crippen LogP) is 1.13. The minimum absolute atomic E-state index is 0.0829. The average molecular weight is 262 g/mol. The summed E-state index contributed by atoms with van der Waals surface area (Å²) in [5.41, 5.74) is 0.654. The highest BCUT2D eigenvalue weighted by Crippen LogP contribution is 2.33. The van der Waals surface area contributed by atoms with Crippen molar-refractivity contribution in [3.63, 3.8) is 0 Å². The molecule has 0 atom stereocenters. The highest BCUT2D eigenvalue weighted by molar-refractivity contribution is 5.86. The van der Waals surface area contributed by atoms with Crippen molar-refractivity contribution in [1.82, 2.24) is 10.2 Å². The first-order valence-corrected chi connectivity index (χ1v) is 6.49. The van der Waals surface area contributed by atoms with E-state index in [9.17, 15) is 4.79 Å². The Balaban J connectivity index is 1.79. The van der Waals surface area contributed by atoms with Gasteiger partial charge in [0.2, 0.25) is 12.7 Å². The molecule has 5 nitrogen and oxygen atoms in total. The van der Waals surface area contributed by atoms with Crippen LogP contribution in [0.25, 0.3) is 0 Å². The molecule has 5 heteroatoms. The lowest BCUT2D eigenvalue weighted by molar-refractivity contribution is -0.135. The van der Waals surface area contributed by atoms with E-state index in [-0.39, 0.29) is 12.7 Å². The van der Waals surface area contributed by atoms with Gasteiger partial charge in [0.25, 0.3) is 0 Å². The first kappa shape index (κ1) is 12.3. The first-order valence-electron chi connectivity index (χ1n) is 6.49. The molecule has 0 aromatic heterocycles. The maximum atomic E-state index is 11.9. The molecule has 2 aliphatic rings. The SMILES string of the molecule is CC1(C)C(=O)NCCN1Cc1ccc2c(c1)OCO2. The van der Waals surface area contributed by atoms with E-state index in [4.69, 9.17) is 9.47 Å². The summed E-state index contributed by atoms with van der Waals surface area (Å²) in [6, 6.07) is 5.94. The quantitative estimate of drug-likeness (QED) is 0.868. The Morgan fingerprint density at radius 1 is 1.32 bits per heavy atom. The molecular weight excluding hydrogens is 244 g/mol. The van der Waals surface area contributed by atoms with Gasteiger partial charge in [-0.15, -0.1) is 0 Å². The van der Waals surface area contributed by atoms with Gasteiger partial charge in [0, 0.05) is 19.6 Å². The number of carbonyl (C=O) groups excluding carboxylic acids is 1. The minimum atomic E-state index is -0.478. The molecule has 1 aromatic rings. The van der Waals surface area contributed by atoms with Crippen molar-refractivity contribution < 1.29 is 14.3 Å². The maximum Gasteiger partial charge on any atom is 0.240 e. The van der Waals surface area contributed by atoms with Crippen LogP contribution in [0.5, 0.6) is 11.5 Å². The number of hydrogen-bond donors (Lipinski definition) is 1. The van der Waals surface area contributed by atoms with Crippen molar-refractivity contribution in [1.29, 1.82) is 0 Å². The van der Waals surface area contributed by atoms with Gasteiger partial charge >= 0.3 is 0 Å². The monoisotopic (exact) mass is 262 g/mol. The molecule has 2 aliphatic heterocycles. The third-order valence-corrected chi connectivity index (χ3v) is 3.82. The number of amides is 1. The number of nitrogens with one attached hydrogen (secondary N) is 1. The van der Waals surface area contributed by atoms with E-state index in [1.807, 2.05) is 32.0 Å². The lowest BCUT2D eigenvalue weighted by Gasteiger charge is -2.41. The Morgan fingerprint density at radius 2 is 2.11 bits per heavy atom. The molecule has 1 aromatic carbocycles. The Bertz CT molecular complexity index is 513. The molecule has 1 saturated heterocycles. The number of fused-ring (bicyclic) bond motifs is 1. The normalized spacial score (nSPS) is 21.3. The Labute approximate surface area is 112 Å². The first-order chi connectivity index (χ1) is 9.07. The second-order valence-electron chi connectivity index (χ2n) is 5.42.